The molecule has 4 rings (SSSR count). The van der Waals surface area contributed by atoms with Crippen molar-refractivity contribution in [1.29, 1.82) is 0 Å². The second-order valence-corrected chi connectivity index (χ2v) is 8.43. The van der Waals surface area contributed by atoms with E-state index in [-0.39, 0.29) is 34.9 Å². The first-order valence-corrected chi connectivity index (χ1v) is 9.80. The standard InChI is InChI=1S/C20H26N4O4/c1-22-20(5-3-6-20)18(27)24(12-25)13-8-19(9-13)10-14(11-19)28-17-15(16(21)26)4-2-7-23-17/h2,4,7,12-14,22H,3,5-6,8-11H2,1H3,(H2,21,26)/t13-,14-,19?. The van der Waals surface area contributed by atoms with Gasteiger partial charge in [-0.1, -0.05) is 0 Å². The summed E-state index contributed by atoms with van der Waals surface area (Å²) in [7, 11) is 1.79. The molecule has 3 aliphatic carbocycles. The number of aromatic nitrogens is 1. The summed E-state index contributed by atoms with van der Waals surface area (Å²) in [4.78, 5) is 41.4. The lowest BCUT2D eigenvalue weighted by atomic mass is 9.52. The number of imide groups is 1. The molecule has 3 saturated carbocycles. The van der Waals surface area contributed by atoms with Crippen LogP contribution < -0.4 is 15.8 Å². The number of nitrogens with two attached hydrogens (primary N) is 1. The first-order valence-electron chi connectivity index (χ1n) is 9.80. The molecule has 0 atom stereocenters. The molecule has 0 bridgehead atoms. The average molecular weight is 386 g/mol. The lowest BCUT2D eigenvalue weighted by Crippen LogP contribution is -2.66. The quantitative estimate of drug-likeness (QED) is 0.676. The molecule has 1 aromatic rings. The summed E-state index contributed by atoms with van der Waals surface area (Å²) in [6.45, 7) is 0. The molecule has 8 nitrogen and oxygen atoms in total. The van der Waals surface area contributed by atoms with E-state index in [2.05, 4.69) is 10.3 Å². The fraction of sp³-hybridized carbons (Fsp3) is 0.600. The Bertz CT molecular complexity index is 788. The van der Waals surface area contributed by atoms with E-state index in [1.54, 1.807) is 25.4 Å². The third-order valence-electron chi connectivity index (χ3n) is 6.81. The lowest BCUT2D eigenvalue weighted by molar-refractivity contribution is -0.162. The van der Waals surface area contributed by atoms with Crippen molar-refractivity contribution in [3.8, 4) is 5.88 Å². The second-order valence-electron chi connectivity index (χ2n) is 8.43. The third-order valence-corrected chi connectivity index (χ3v) is 6.81. The van der Waals surface area contributed by atoms with Crippen LogP contribution in [0.4, 0.5) is 0 Å². The molecule has 0 saturated heterocycles. The van der Waals surface area contributed by atoms with Gasteiger partial charge in [-0.25, -0.2) is 4.98 Å². The zero-order valence-electron chi connectivity index (χ0n) is 16.0. The summed E-state index contributed by atoms with van der Waals surface area (Å²) in [5.41, 5.74) is 5.21. The fourth-order valence-electron chi connectivity index (χ4n) is 4.94. The van der Waals surface area contributed by atoms with Crippen LogP contribution in [0.5, 0.6) is 5.88 Å². The highest BCUT2D eigenvalue weighted by atomic mass is 16.5. The lowest BCUT2D eigenvalue weighted by Gasteiger charge is -2.59. The van der Waals surface area contributed by atoms with Crippen molar-refractivity contribution in [2.75, 3.05) is 7.05 Å². The molecule has 0 unspecified atom stereocenters. The smallest absolute Gasteiger partial charge is 0.254 e. The number of hydrogen-bond donors (Lipinski definition) is 2. The molecule has 28 heavy (non-hydrogen) atoms. The molecule has 150 valence electrons. The molecule has 1 spiro atoms. The van der Waals surface area contributed by atoms with Crippen molar-refractivity contribution in [2.24, 2.45) is 11.1 Å². The predicted molar refractivity (Wildman–Crippen MR) is 100 cm³/mol. The van der Waals surface area contributed by atoms with Gasteiger partial charge >= 0.3 is 0 Å². The predicted octanol–water partition coefficient (Wildman–Crippen LogP) is 0.998. The van der Waals surface area contributed by atoms with E-state index in [1.165, 1.54) is 4.90 Å². The van der Waals surface area contributed by atoms with Crippen molar-refractivity contribution in [1.82, 2.24) is 15.2 Å². The number of rotatable bonds is 7. The Morgan fingerprint density at radius 2 is 2.04 bits per heavy atom. The van der Waals surface area contributed by atoms with Crippen molar-refractivity contribution in [2.45, 2.75) is 62.6 Å². The zero-order chi connectivity index (χ0) is 19.9. The van der Waals surface area contributed by atoms with Crippen molar-refractivity contribution in [3.05, 3.63) is 23.9 Å². The topological polar surface area (TPSA) is 115 Å². The van der Waals surface area contributed by atoms with Gasteiger partial charge in [0.2, 0.25) is 18.2 Å². The van der Waals surface area contributed by atoms with Gasteiger partial charge in [0.05, 0.1) is 5.54 Å². The number of carbonyl (C=O) groups excluding carboxylic acids is 3. The molecule has 0 radical (unpaired) electrons. The van der Waals surface area contributed by atoms with E-state index in [4.69, 9.17) is 10.5 Å². The largest absolute Gasteiger partial charge is 0.474 e. The van der Waals surface area contributed by atoms with Crippen LogP contribution in [0.15, 0.2) is 18.3 Å². The summed E-state index contributed by atoms with van der Waals surface area (Å²) < 4.78 is 5.87. The van der Waals surface area contributed by atoms with E-state index in [0.717, 1.165) is 44.9 Å². The van der Waals surface area contributed by atoms with Gasteiger partial charge in [0.1, 0.15) is 11.7 Å². The number of amides is 3. The molecule has 8 heteroatoms. The van der Waals surface area contributed by atoms with Gasteiger partial charge in [-0.3, -0.25) is 19.3 Å². The van der Waals surface area contributed by atoms with E-state index in [0.29, 0.717) is 6.41 Å². The Kier molecular flexibility index (Phi) is 4.61. The number of likely N-dealkylation sites (N-methyl/N-ethyl adjacent to an activating group) is 1. The third kappa shape index (κ3) is 2.96. The molecule has 3 fully saturated rings. The van der Waals surface area contributed by atoms with Crippen LogP contribution in [-0.2, 0) is 9.59 Å². The Morgan fingerprint density at radius 3 is 2.57 bits per heavy atom. The summed E-state index contributed by atoms with van der Waals surface area (Å²) >= 11 is 0. The molecule has 3 amide bonds. The molecule has 1 heterocycles. The number of pyridine rings is 1. The van der Waals surface area contributed by atoms with Crippen LogP contribution in [0, 0.1) is 5.41 Å². The zero-order valence-corrected chi connectivity index (χ0v) is 16.0. The van der Waals surface area contributed by atoms with Crippen molar-refractivity contribution < 1.29 is 19.1 Å². The van der Waals surface area contributed by atoms with Gasteiger partial charge in [-0.05, 0) is 69.5 Å². The van der Waals surface area contributed by atoms with Gasteiger partial charge in [-0.15, -0.1) is 0 Å². The van der Waals surface area contributed by atoms with E-state index in [1.807, 2.05) is 0 Å². The number of nitrogens with zero attached hydrogens (tertiary/aromatic N) is 2. The van der Waals surface area contributed by atoms with Gasteiger partial charge in [-0.2, -0.15) is 0 Å². The Balaban J connectivity index is 1.32. The number of ether oxygens (including phenoxy) is 1. The highest BCUT2D eigenvalue weighted by molar-refractivity contribution is 5.95. The SMILES string of the molecule is CNC1(C(=O)N(C=O)[C@H]2CC3(C[C@H](Oc4ncccc4C(N)=O)C3)C2)CCC1. The number of primary amides is 1. The van der Waals surface area contributed by atoms with Gasteiger partial charge in [0.15, 0.2) is 0 Å². The van der Waals surface area contributed by atoms with E-state index >= 15 is 0 Å². The van der Waals surface area contributed by atoms with Gasteiger partial charge < -0.3 is 15.8 Å². The van der Waals surface area contributed by atoms with E-state index < -0.39 is 11.4 Å². The fourth-order valence-corrected chi connectivity index (χ4v) is 4.94. The number of nitrogens with one attached hydrogen (secondary N) is 1. The minimum absolute atomic E-state index is 0.0235. The van der Waals surface area contributed by atoms with Gasteiger partial charge in [0, 0.05) is 12.2 Å². The van der Waals surface area contributed by atoms with Crippen LogP contribution in [-0.4, -0.2) is 52.8 Å². The summed E-state index contributed by atoms with van der Waals surface area (Å²) in [6.07, 6.45) is 8.09. The first kappa shape index (κ1) is 18.9. The minimum Gasteiger partial charge on any atom is -0.474 e. The number of carbonyl (C=O) groups is 3. The highest BCUT2D eigenvalue weighted by Crippen LogP contribution is 2.58. The van der Waals surface area contributed by atoms with Gasteiger partial charge in [0.25, 0.3) is 5.91 Å². The highest BCUT2D eigenvalue weighted by Gasteiger charge is 2.57. The summed E-state index contributed by atoms with van der Waals surface area (Å²) in [5, 5.41) is 3.12. The molecule has 0 aromatic carbocycles. The number of hydrogen-bond acceptors (Lipinski definition) is 6. The summed E-state index contributed by atoms with van der Waals surface area (Å²) in [6, 6.07) is 3.22. The maximum Gasteiger partial charge on any atom is 0.254 e. The van der Waals surface area contributed by atoms with Crippen molar-refractivity contribution in [3.63, 3.8) is 0 Å². The second kappa shape index (κ2) is 6.84. The minimum atomic E-state index is -0.560. The van der Waals surface area contributed by atoms with E-state index in [9.17, 15) is 14.4 Å². The Morgan fingerprint density at radius 1 is 1.32 bits per heavy atom. The molecule has 0 aliphatic heterocycles. The Labute approximate surface area is 163 Å². The summed E-state index contributed by atoms with van der Waals surface area (Å²) in [5.74, 6) is -0.380. The van der Waals surface area contributed by atoms with Crippen molar-refractivity contribution >= 4 is 18.2 Å². The van der Waals surface area contributed by atoms with Crippen LogP contribution in [0.1, 0.15) is 55.3 Å². The van der Waals surface area contributed by atoms with Crippen LogP contribution in [0.25, 0.3) is 0 Å². The first-order chi connectivity index (χ1) is 13.4. The average Bonchev–Trinajstić information content (AvgIpc) is 2.58. The Hall–Kier alpha value is -2.48. The molecule has 3 aliphatic rings. The van der Waals surface area contributed by atoms with Crippen LogP contribution in [0.3, 0.4) is 0 Å². The monoisotopic (exact) mass is 386 g/mol. The molecule has 1 aromatic heterocycles. The maximum atomic E-state index is 12.8. The molecule has 3 N–H and O–H groups in total. The molecular formula is C20H26N4O4. The van der Waals surface area contributed by atoms with Crippen LogP contribution in [0.2, 0.25) is 0 Å². The normalized spacial score (nSPS) is 29.8. The maximum absolute atomic E-state index is 12.8. The molecular weight excluding hydrogens is 360 g/mol. The van der Waals surface area contributed by atoms with Crippen LogP contribution >= 0.6 is 0 Å².